The molecule has 0 aliphatic heterocycles. The van der Waals surface area contributed by atoms with Crippen LogP contribution in [0.1, 0.15) is 11.9 Å². The van der Waals surface area contributed by atoms with E-state index >= 15 is 0 Å². The Hall–Kier alpha value is -0.940. The van der Waals surface area contributed by atoms with E-state index in [9.17, 15) is 4.79 Å². The fourth-order valence-corrected chi connectivity index (χ4v) is 1.25. The number of carbonyl (C=O) groups excluding carboxylic acids is 1. The average molecular weight is 171 g/mol. The van der Waals surface area contributed by atoms with Gasteiger partial charge in [-0.25, -0.2) is 4.98 Å². The van der Waals surface area contributed by atoms with E-state index < -0.39 is 0 Å². The third kappa shape index (κ3) is 2.28. The van der Waals surface area contributed by atoms with Gasteiger partial charge in [0, 0.05) is 18.8 Å². The van der Waals surface area contributed by atoms with Crippen LogP contribution in [0.15, 0.2) is 5.38 Å². The maximum Gasteiger partial charge on any atom is 0.222 e. The predicted octanol–water partition coefficient (Wildman–Crippen LogP) is 0.560. The average Bonchev–Trinajstić information content (AvgIpc) is 2.34. The van der Waals surface area contributed by atoms with Crippen molar-refractivity contribution in [1.29, 1.82) is 0 Å². The molecule has 0 aliphatic rings. The van der Waals surface area contributed by atoms with Gasteiger partial charge in [-0.1, -0.05) is 0 Å². The highest BCUT2D eigenvalue weighted by Crippen LogP contribution is 2.12. The van der Waals surface area contributed by atoms with Gasteiger partial charge in [-0.2, -0.15) is 0 Å². The van der Waals surface area contributed by atoms with Gasteiger partial charge in [-0.05, 0) is 0 Å². The van der Waals surface area contributed by atoms with Crippen molar-refractivity contribution in [1.82, 2.24) is 4.98 Å². The number of carbonyl (C=O) groups is 1. The number of nitrogens with zero attached hydrogens (tertiary/aromatic N) is 1. The Labute approximate surface area is 68.4 Å². The summed E-state index contributed by atoms with van der Waals surface area (Å²) in [6, 6.07) is 0. The van der Waals surface area contributed by atoms with Gasteiger partial charge in [0.2, 0.25) is 5.91 Å². The van der Waals surface area contributed by atoms with Crippen LogP contribution in [0.4, 0.5) is 5.82 Å². The first-order valence-electron chi connectivity index (χ1n) is 3.14. The van der Waals surface area contributed by atoms with E-state index in [1.807, 2.05) is 0 Å². The summed E-state index contributed by atoms with van der Waals surface area (Å²) in [7, 11) is 0. The van der Waals surface area contributed by atoms with Crippen molar-refractivity contribution in [3.05, 3.63) is 10.4 Å². The first kappa shape index (κ1) is 8.16. The topological polar surface area (TPSA) is 68.0 Å². The zero-order valence-electron chi connectivity index (χ0n) is 6.13. The van der Waals surface area contributed by atoms with Gasteiger partial charge >= 0.3 is 0 Å². The van der Waals surface area contributed by atoms with Crippen LogP contribution in [0.25, 0.3) is 0 Å². The molecule has 0 saturated heterocycles. The fraction of sp³-hybridized carbons (Fsp3) is 0.333. The molecule has 1 amide bonds. The molecule has 0 saturated carbocycles. The molecule has 0 radical (unpaired) electrons. The zero-order valence-corrected chi connectivity index (χ0v) is 6.94. The molecule has 0 spiro atoms. The molecule has 0 atom stereocenters. The summed E-state index contributed by atoms with van der Waals surface area (Å²) in [5, 5.41) is 5.16. The summed E-state index contributed by atoms with van der Waals surface area (Å²) in [4.78, 5) is 14.6. The number of nitrogens with two attached hydrogens (primary N) is 1. The number of anilines is 1. The number of thiazole rings is 1. The van der Waals surface area contributed by atoms with Gasteiger partial charge in [-0.3, -0.25) is 4.79 Å². The lowest BCUT2D eigenvalue weighted by molar-refractivity contribution is -0.114. The zero-order chi connectivity index (χ0) is 8.27. The molecular weight excluding hydrogens is 162 g/mol. The maximum atomic E-state index is 10.5. The quantitative estimate of drug-likeness (QED) is 0.683. The standard InChI is InChI=1S/C6H9N3OS/c1-4(10)8-5-3-11-6(2-7)9-5/h3H,2,7H2,1H3,(H,8,10). The van der Waals surface area contributed by atoms with E-state index in [0.717, 1.165) is 5.01 Å². The first-order chi connectivity index (χ1) is 5.22. The van der Waals surface area contributed by atoms with Crippen molar-refractivity contribution >= 4 is 23.1 Å². The van der Waals surface area contributed by atoms with Crippen molar-refractivity contribution in [2.45, 2.75) is 13.5 Å². The molecule has 4 nitrogen and oxygen atoms in total. The van der Waals surface area contributed by atoms with Crippen LogP contribution in [0, 0.1) is 0 Å². The summed E-state index contributed by atoms with van der Waals surface area (Å²) in [5.74, 6) is 0.474. The van der Waals surface area contributed by atoms with Gasteiger partial charge in [0.05, 0.1) is 0 Å². The van der Waals surface area contributed by atoms with Gasteiger partial charge in [0.1, 0.15) is 10.8 Å². The lowest BCUT2D eigenvalue weighted by atomic mass is 10.6. The third-order valence-electron chi connectivity index (χ3n) is 1.03. The minimum absolute atomic E-state index is 0.112. The van der Waals surface area contributed by atoms with Gasteiger partial charge in [-0.15, -0.1) is 11.3 Å². The summed E-state index contributed by atoms with van der Waals surface area (Å²) >= 11 is 1.44. The van der Waals surface area contributed by atoms with E-state index in [4.69, 9.17) is 5.73 Å². The number of hydrogen-bond donors (Lipinski definition) is 2. The van der Waals surface area contributed by atoms with Crippen LogP contribution in [-0.2, 0) is 11.3 Å². The van der Waals surface area contributed by atoms with Crippen LogP contribution in [0.5, 0.6) is 0 Å². The van der Waals surface area contributed by atoms with Crippen LogP contribution in [0.3, 0.4) is 0 Å². The second kappa shape index (κ2) is 3.45. The van der Waals surface area contributed by atoms with Crippen molar-refractivity contribution in [3.8, 4) is 0 Å². The Bertz CT molecular complexity index is 258. The Morgan fingerprint density at radius 3 is 3.09 bits per heavy atom. The highest BCUT2D eigenvalue weighted by atomic mass is 32.1. The van der Waals surface area contributed by atoms with Gasteiger partial charge < -0.3 is 11.1 Å². The molecule has 3 N–H and O–H groups in total. The van der Waals surface area contributed by atoms with E-state index in [0.29, 0.717) is 12.4 Å². The Morgan fingerprint density at radius 2 is 2.64 bits per heavy atom. The summed E-state index contributed by atoms with van der Waals surface area (Å²) in [6.07, 6.45) is 0. The third-order valence-corrected chi connectivity index (χ3v) is 1.90. The van der Waals surface area contributed by atoms with Crippen molar-refractivity contribution < 1.29 is 4.79 Å². The predicted molar refractivity (Wildman–Crippen MR) is 44.3 cm³/mol. The minimum Gasteiger partial charge on any atom is -0.325 e. The molecule has 1 rings (SSSR count). The van der Waals surface area contributed by atoms with Crippen LogP contribution < -0.4 is 11.1 Å². The van der Waals surface area contributed by atoms with Crippen LogP contribution in [-0.4, -0.2) is 10.9 Å². The number of hydrogen-bond acceptors (Lipinski definition) is 4. The minimum atomic E-state index is -0.112. The highest BCUT2D eigenvalue weighted by Gasteiger charge is 2.00. The van der Waals surface area contributed by atoms with Crippen molar-refractivity contribution in [2.24, 2.45) is 5.73 Å². The lowest BCUT2D eigenvalue weighted by Crippen LogP contribution is -2.06. The van der Waals surface area contributed by atoms with E-state index in [2.05, 4.69) is 10.3 Å². The van der Waals surface area contributed by atoms with Gasteiger partial charge in [0.25, 0.3) is 0 Å². The molecule has 0 unspecified atom stereocenters. The largest absolute Gasteiger partial charge is 0.325 e. The highest BCUT2D eigenvalue weighted by molar-refractivity contribution is 7.10. The van der Waals surface area contributed by atoms with E-state index in [1.54, 1.807) is 5.38 Å². The van der Waals surface area contributed by atoms with Crippen molar-refractivity contribution in [2.75, 3.05) is 5.32 Å². The molecule has 0 aliphatic carbocycles. The normalized spacial score (nSPS) is 9.64. The first-order valence-corrected chi connectivity index (χ1v) is 4.02. The Kier molecular flexibility index (Phi) is 2.56. The van der Waals surface area contributed by atoms with Crippen molar-refractivity contribution in [3.63, 3.8) is 0 Å². The molecular formula is C6H9N3OS. The Balaban J connectivity index is 2.65. The molecule has 1 aromatic rings. The summed E-state index contributed by atoms with van der Waals surface area (Å²) < 4.78 is 0. The molecule has 1 aromatic heterocycles. The number of rotatable bonds is 2. The molecule has 0 aromatic carbocycles. The molecule has 60 valence electrons. The monoisotopic (exact) mass is 171 g/mol. The second-order valence-corrected chi connectivity index (χ2v) is 2.95. The molecule has 11 heavy (non-hydrogen) atoms. The van der Waals surface area contributed by atoms with Crippen LogP contribution in [0.2, 0.25) is 0 Å². The maximum absolute atomic E-state index is 10.5. The lowest BCUT2D eigenvalue weighted by Gasteiger charge is -1.92. The van der Waals surface area contributed by atoms with E-state index in [-0.39, 0.29) is 5.91 Å². The smallest absolute Gasteiger partial charge is 0.222 e. The van der Waals surface area contributed by atoms with Gasteiger partial charge in [0.15, 0.2) is 0 Å². The fourth-order valence-electron chi connectivity index (χ4n) is 0.642. The number of nitrogens with one attached hydrogen (secondary N) is 1. The number of amides is 1. The summed E-state index contributed by atoms with van der Waals surface area (Å²) in [6.45, 7) is 1.87. The van der Waals surface area contributed by atoms with Crippen LogP contribution >= 0.6 is 11.3 Å². The molecule has 0 fully saturated rings. The molecule has 0 bridgehead atoms. The summed E-state index contributed by atoms with van der Waals surface area (Å²) in [5.41, 5.74) is 5.33. The molecule has 5 heteroatoms. The second-order valence-electron chi connectivity index (χ2n) is 2.01. The number of aromatic nitrogens is 1. The van der Waals surface area contributed by atoms with E-state index in [1.165, 1.54) is 18.3 Å². The Morgan fingerprint density at radius 1 is 1.91 bits per heavy atom. The SMILES string of the molecule is CC(=O)Nc1csc(CN)n1. The molecule has 1 heterocycles.